The zero-order valence-corrected chi connectivity index (χ0v) is 11.6. The van der Waals surface area contributed by atoms with Crippen molar-refractivity contribution >= 4 is 17.5 Å². The van der Waals surface area contributed by atoms with Gasteiger partial charge in [0.2, 0.25) is 0 Å². The standard InChI is InChI=1S/C14H13N3O4/c1-14(2,8-15)6-7-16-12(18)9-4-3-5-10(17(20)21)11(9)13(16)19/h3-5H,6-7H2,1-2H3. The fourth-order valence-corrected chi connectivity index (χ4v) is 2.12. The summed E-state index contributed by atoms with van der Waals surface area (Å²) in [5, 5.41) is 19.9. The van der Waals surface area contributed by atoms with Crippen molar-refractivity contribution in [1.82, 2.24) is 4.90 Å². The van der Waals surface area contributed by atoms with E-state index < -0.39 is 22.2 Å². The van der Waals surface area contributed by atoms with Crippen LogP contribution in [-0.2, 0) is 0 Å². The average Bonchev–Trinajstić information content (AvgIpc) is 2.69. The van der Waals surface area contributed by atoms with Gasteiger partial charge in [-0.1, -0.05) is 6.07 Å². The molecule has 1 aromatic rings. The summed E-state index contributed by atoms with van der Waals surface area (Å²) in [6.45, 7) is 3.46. The molecule has 21 heavy (non-hydrogen) atoms. The maximum Gasteiger partial charge on any atom is 0.282 e. The number of fused-ring (bicyclic) bond motifs is 1. The second-order valence-corrected chi connectivity index (χ2v) is 5.46. The summed E-state index contributed by atoms with van der Waals surface area (Å²) in [4.78, 5) is 35.7. The van der Waals surface area contributed by atoms with E-state index in [0.717, 1.165) is 4.90 Å². The molecule has 0 atom stereocenters. The summed E-state index contributed by atoms with van der Waals surface area (Å²) in [5.41, 5.74) is -1.17. The lowest BCUT2D eigenvalue weighted by Crippen LogP contribution is -2.33. The molecule has 0 bridgehead atoms. The van der Waals surface area contributed by atoms with Gasteiger partial charge in [0.15, 0.2) is 0 Å². The number of nitrogens with zero attached hydrogens (tertiary/aromatic N) is 3. The normalized spacial score (nSPS) is 14.0. The van der Waals surface area contributed by atoms with E-state index in [0.29, 0.717) is 6.42 Å². The molecule has 0 radical (unpaired) electrons. The molecule has 0 saturated heterocycles. The highest BCUT2D eigenvalue weighted by molar-refractivity contribution is 6.23. The minimum atomic E-state index is -0.679. The lowest BCUT2D eigenvalue weighted by atomic mass is 9.91. The van der Waals surface area contributed by atoms with E-state index in [4.69, 9.17) is 5.26 Å². The lowest BCUT2D eigenvalue weighted by Gasteiger charge is -2.19. The molecule has 0 saturated carbocycles. The highest BCUT2D eigenvalue weighted by Crippen LogP contribution is 2.31. The van der Waals surface area contributed by atoms with Gasteiger partial charge in [0.05, 0.1) is 22.0 Å². The van der Waals surface area contributed by atoms with Crippen LogP contribution >= 0.6 is 0 Å². The Bertz CT molecular complexity index is 688. The molecule has 0 unspecified atom stereocenters. The number of nitro groups is 1. The molecule has 7 heteroatoms. The number of hydrogen-bond donors (Lipinski definition) is 0. The Kier molecular flexibility index (Phi) is 3.47. The monoisotopic (exact) mass is 287 g/mol. The van der Waals surface area contributed by atoms with Gasteiger partial charge >= 0.3 is 0 Å². The molecule has 1 heterocycles. The molecule has 1 aliphatic rings. The van der Waals surface area contributed by atoms with E-state index in [1.807, 2.05) is 0 Å². The number of carbonyl (C=O) groups excluding carboxylic acids is 2. The number of rotatable bonds is 4. The minimum Gasteiger partial charge on any atom is -0.274 e. The summed E-state index contributed by atoms with van der Waals surface area (Å²) in [5.74, 6) is -1.22. The fraction of sp³-hybridized carbons (Fsp3) is 0.357. The summed E-state index contributed by atoms with van der Waals surface area (Å²) in [7, 11) is 0. The topological polar surface area (TPSA) is 104 Å². The van der Waals surface area contributed by atoms with Crippen LogP contribution in [-0.4, -0.2) is 28.2 Å². The Morgan fingerprint density at radius 2 is 2.00 bits per heavy atom. The van der Waals surface area contributed by atoms with Crippen molar-refractivity contribution in [1.29, 1.82) is 5.26 Å². The van der Waals surface area contributed by atoms with E-state index in [2.05, 4.69) is 6.07 Å². The molecule has 7 nitrogen and oxygen atoms in total. The van der Waals surface area contributed by atoms with Crippen LogP contribution in [0.3, 0.4) is 0 Å². The van der Waals surface area contributed by atoms with Crippen molar-refractivity contribution in [3.05, 3.63) is 39.4 Å². The average molecular weight is 287 g/mol. The van der Waals surface area contributed by atoms with Gasteiger partial charge in [-0.2, -0.15) is 5.26 Å². The second-order valence-electron chi connectivity index (χ2n) is 5.46. The molecule has 0 fully saturated rings. The highest BCUT2D eigenvalue weighted by atomic mass is 16.6. The van der Waals surface area contributed by atoms with Crippen LogP contribution in [0.1, 0.15) is 41.0 Å². The smallest absolute Gasteiger partial charge is 0.274 e. The van der Waals surface area contributed by atoms with Gasteiger partial charge in [-0.3, -0.25) is 24.6 Å². The summed E-state index contributed by atoms with van der Waals surface area (Å²) in [6.07, 6.45) is 0.308. The molecule has 1 aliphatic heterocycles. The molecule has 2 rings (SSSR count). The molecule has 108 valence electrons. The summed E-state index contributed by atoms with van der Waals surface area (Å²) < 4.78 is 0. The molecule has 0 aliphatic carbocycles. The zero-order chi connectivity index (χ0) is 15.8. The number of imide groups is 1. The number of nitro benzene ring substituents is 1. The van der Waals surface area contributed by atoms with E-state index >= 15 is 0 Å². The molecule has 0 spiro atoms. The molecule has 2 amide bonds. The van der Waals surface area contributed by atoms with Crippen molar-refractivity contribution in [3.8, 4) is 6.07 Å². The zero-order valence-electron chi connectivity index (χ0n) is 11.6. The summed E-state index contributed by atoms with van der Waals surface area (Å²) in [6, 6.07) is 6.07. The molecule has 1 aromatic carbocycles. The first kappa shape index (κ1) is 14.7. The molecule has 0 N–H and O–H groups in total. The van der Waals surface area contributed by atoms with Crippen LogP contribution in [0.2, 0.25) is 0 Å². The number of benzene rings is 1. The maximum atomic E-state index is 12.3. The van der Waals surface area contributed by atoms with E-state index in [1.165, 1.54) is 18.2 Å². The van der Waals surface area contributed by atoms with Crippen molar-refractivity contribution in [2.24, 2.45) is 5.41 Å². The first-order chi connectivity index (χ1) is 9.78. The molecular weight excluding hydrogens is 274 g/mol. The van der Waals surface area contributed by atoms with Gasteiger partial charge in [0, 0.05) is 12.6 Å². The number of amides is 2. The van der Waals surface area contributed by atoms with Gasteiger partial charge < -0.3 is 0 Å². The molecule has 0 aromatic heterocycles. The van der Waals surface area contributed by atoms with E-state index in [1.54, 1.807) is 13.8 Å². The number of hydrogen-bond acceptors (Lipinski definition) is 5. The van der Waals surface area contributed by atoms with Crippen LogP contribution in [0.25, 0.3) is 0 Å². The van der Waals surface area contributed by atoms with Gasteiger partial charge in [0.25, 0.3) is 17.5 Å². The SMILES string of the molecule is CC(C)(C#N)CCN1C(=O)c2cccc([N+](=O)[O-])c2C1=O. The van der Waals surface area contributed by atoms with Crippen molar-refractivity contribution in [2.45, 2.75) is 20.3 Å². The minimum absolute atomic E-state index is 0.0453. The van der Waals surface area contributed by atoms with Crippen LogP contribution < -0.4 is 0 Å². The molecular formula is C14H13N3O4. The van der Waals surface area contributed by atoms with Gasteiger partial charge in [-0.15, -0.1) is 0 Å². The second kappa shape index (κ2) is 4.98. The Morgan fingerprint density at radius 1 is 1.33 bits per heavy atom. The quantitative estimate of drug-likeness (QED) is 0.479. The number of nitriles is 1. The van der Waals surface area contributed by atoms with Gasteiger partial charge in [-0.05, 0) is 26.3 Å². The van der Waals surface area contributed by atoms with Crippen LogP contribution in [0.5, 0.6) is 0 Å². The van der Waals surface area contributed by atoms with Crippen LogP contribution in [0.4, 0.5) is 5.69 Å². The lowest BCUT2D eigenvalue weighted by molar-refractivity contribution is -0.385. The van der Waals surface area contributed by atoms with Crippen LogP contribution in [0.15, 0.2) is 18.2 Å². The van der Waals surface area contributed by atoms with Crippen molar-refractivity contribution in [2.75, 3.05) is 6.54 Å². The van der Waals surface area contributed by atoms with Crippen LogP contribution in [0, 0.1) is 26.9 Å². The largest absolute Gasteiger partial charge is 0.282 e. The van der Waals surface area contributed by atoms with E-state index in [-0.39, 0.29) is 23.4 Å². The maximum absolute atomic E-state index is 12.3. The third-order valence-corrected chi connectivity index (χ3v) is 3.44. The van der Waals surface area contributed by atoms with E-state index in [9.17, 15) is 19.7 Å². The van der Waals surface area contributed by atoms with Gasteiger partial charge in [0.1, 0.15) is 5.56 Å². The van der Waals surface area contributed by atoms with Crippen molar-refractivity contribution in [3.63, 3.8) is 0 Å². The number of carbonyl (C=O) groups is 2. The predicted octanol–water partition coefficient (Wildman–Crippen LogP) is 2.13. The summed E-state index contributed by atoms with van der Waals surface area (Å²) >= 11 is 0. The first-order valence-corrected chi connectivity index (χ1v) is 6.33. The Balaban J connectivity index is 2.33. The van der Waals surface area contributed by atoms with Gasteiger partial charge in [-0.25, -0.2) is 0 Å². The highest BCUT2D eigenvalue weighted by Gasteiger charge is 2.41. The Morgan fingerprint density at radius 3 is 2.57 bits per heavy atom. The Labute approximate surface area is 120 Å². The Hall–Kier alpha value is -2.75. The third-order valence-electron chi connectivity index (χ3n) is 3.44. The fourth-order valence-electron chi connectivity index (χ4n) is 2.12. The first-order valence-electron chi connectivity index (χ1n) is 6.33. The van der Waals surface area contributed by atoms with Crippen molar-refractivity contribution < 1.29 is 14.5 Å². The predicted molar refractivity (Wildman–Crippen MR) is 72.5 cm³/mol. The third kappa shape index (κ3) is 2.48.